The number of nitrogens with zero attached hydrogens (tertiary/aromatic N) is 2. The molecule has 0 aromatic heterocycles. The number of rotatable bonds is 8. The van der Waals surface area contributed by atoms with Gasteiger partial charge in [-0.2, -0.15) is 0 Å². The summed E-state index contributed by atoms with van der Waals surface area (Å²) in [6, 6.07) is 20.5. The predicted molar refractivity (Wildman–Crippen MR) is 146 cm³/mol. The van der Waals surface area contributed by atoms with Crippen molar-refractivity contribution in [3.8, 4) is 5.75 Å². The van der Waals surface area contributed by atoms with E-state index >= 15 is 0 Å². The topological polar surface area (TPSA) is 61.9 Å². The maximum absolute atomic E-state index is 12.9. The van der Waals surface area contributed by atoms with Crippen molar-refractivity contribution >= 4 is 34.8 Å². The Morgan fingerprint density at radius 1 is 0.889 bits per heavy atom. The van der Waals surface area contributed by atoms with Crippen molar-refractivity contribution in [3.05, 3.63) is 88.4 Å². The van der Waals surface area contributed by atoms with E-state index in [1.54, 1.807) is 6.07 Å². The van der Waals surface area contributed by atoms with Crippen molar-refractivity contribution in [1.82, 2.24) is 4.90 Å². The molecular formula is C29H32ClN3O3. The lowest BCUT2D eigenvalue weighted by molar-refractivity contribution is 0.0746. The van der Waals surface area contributed by atoms with Gasteiger partial charge in [0, 0.05) is 43.0 Å². The molecule has 0 aliphatic carbocycles. The first kappa shape index (κ1) is 25.6. The third kappa shape index (κ3) is 6.18. The molecule has 0 unspecified atom stereocenters. The van der Waals surface area contributed by atoms with E-state index in [0.29, 0.717) is 54.6 Å². The number of nitrogens with one attached hydrogen (secondary N) is 1. The number of anilines is 2. The Balaban J connectivity index is 1.33. The summed E-state index contributed by atoms with van der Waals surface area (Å²) in [7, 11) is 0. The number of carbonyl (C=O) groups excluding carboxylic acids is 2. The van der Waals surface area contributed by atoms with Crippen LogP contribution < -0.4 is 15.0 Å². The molecule has 0 atom stereocenters. The van der Waals surface area contributed by atoms with Gasteiger partial charge in [-0.1, -0.05) is 37.6 Å². The van der Waals surface area contributed by atoms with Gasteiger partial charge in [-0.15, -0.1) is 0 Å². The van der Waals surface area contributed by atoms with Crippen molar-refractivity contribution < 1.29 is 14.3 Å². The van der Waals surface area contributed by atoms with Crippen molar-refractivity contribution in [2.75, 3.05) is 43.0 Å². The highest BCUT2D eigenvalue weighted by Crippen LogP contribution is 2.30. The highest BCUT2D eigenvalue weighted by molar-refractivity contribution is 6.33. The largest absolute Gasteiger partial charge is 0.494 e. The normalized spacial score (nSPS) is 13.4. The second kappa shape index (κ2) is 12.0. The number of halogens is 1. The van der Waals surface area contributed by atoms with Gasteiger partial charge in [0.2, 0.25) is 0 Å². The Kier molecular flexibility index (Phi) is 8.49. The van der Waals surface area contributed by atoms with Crippen molar-refractivity contribution in [1.29, 1.82) is 0 Å². The standard InChI is InChI=1S/C29H32ClN3O3/c1-3-19-36-25-12-9-23(10-13-25)29(35)33-17-15-32(16-18-33)27-14-11-24(20-26(27)30)31-28(34)22-7-5-21(4-2)6-8-22/h5-14,20H,3-4,15-19H2,1-2H3,(H,31,34). The average molecular weight is 506 g/mol. The number of amides is 2. The molecule has 0 radical (unpaired) electrons. The first-order valence-electron chi connectivity index (χ1n) is 12.5. The summed E-state index contributed by atoms with van der Waals surface area (Å²) in [5.74, 6) is 0.633. The van der Waals surface area contributed by atoms with Gasteiger partial charge in [-0.05, 0) is 73.0 Å². The number of piperazine rings is 1. The summed E-state index contributed by atoms with van der Waals surface area (Å²) in [6.45, 7) is 7.38. The van der Waals surface area contributed by atoms with Crippen molar-refractivity contribution in [2.24, 2.45) is 0 Å². The molecule has 7 heteroatoms. The van der Waals surface area contributed by atoms with Crippen molar-refractivity contribution in [2.45, 2.75) is 26.7 Å². The van der Waals surface area contributed by atoms with E-state index in [1.165, 1.54) is 5.56 Å². The minimum atomic E-state index is -0.168. The SMILES string of the molecule is CCCOc1ccc(C(=O)N2CCN(c3ccc(NC(=O)c4ccc(CC)cc4)cc3Cl)CC2)cc1. The number of carbonyl (C=O) groups is 2. The van der Waals surface area contributed by atoms with Crippen LogP contribution in [0.1, 0.15) is 46.5 Å². The van der Waals surface area contributed by atoms with Gasteiger partial charge in [-0.25, -0.2) is 0 Å². The minimum Gasteiger partial charge on any atom is -0.494 e. The highest BCUT2D eigenvalue weighted by Gasteiger charge is 2.23. The molecular weight excluding hydrogens is 474 g/mol. The molecule has 1 aliphatic heterocycles. The van der Waals surface area contributed by atoms with Crippen LogP contribution in [0.25, 0.3) is 0 Å². The molecule has 1 saturated heterocycles. The average Bonchev–Trinajstić information content (AvgIpc) is 2.92. The van der Waals surface area contributed by atoms with E-state index in [4.69, 9.17) is 16.3 Å². The van der Waals surface area contributed by atoms with Crippen LogP contribution in [0.15, 0.2) is 66.7 Å². The van der Waals surface area contributed by atoms with Crippen LogP contribution in [0, 0.1) is 0 Å². The zero-order chi connectivity index (χ0) is 25.5. The number of hydrogen-bond donors (Lipinski definition) is 1. The molecule has 36 heavy (non-hydrogen) atoms. The first-order chi connectivity index (χ1) is 17.5. The number of hydrogen-bond acceptors (Lipinski definition) is 4. The fraction of sp³-hybridized carbons (Fsp3) is 0.310. The van der Waals surface area contributed by atoms with E-state index in [9.17, 15) is 9.59 Å². The van der Waals surface area contributed by atoms with E-state index in [0.717, 1.165) is 24.3 Å². The van der Waals surface area contributed by atoms with E-state index in [2.05, 4.69) is 24.1 Å². The molecule has 4 rings (SSSR count). The predicted octanol–water partition coefficient (Wildman–Crippen LogP) is 5.91. The molecule has 188 valence electrons. The minimum absolute atomic E-state index is 0.0211. The second-order valence-corrected chi connectivity index (χ2v) is 9.23. The van der Waals surface area contributed by atoms with E-state index < -0.39 is 0 Å². The lowest BCUT2D eigenvalue weighted by Crippen LogP contribution is -2.48. The highest BCUT2D eigenvalue weighted by atomic mass is 35.5. The summed E-state index contributed by atoms with van der Waals surface area (Å²) < 4.78 is 5.60. The van der Waals surface area contributed by atoms with Crippen LogP contribution in [-0.4, -0.2) is 49.5 Å². The Hall–Kier alpha value is -3.51. The van der Waals surface area contributed by atoms with Crippen LogP contribution >= 0.6 is 11.6 Å². The van der Waals surface area contributed by atoms with Gasteiger partial charge in [0.05, 0.1) is 17.3 Å². The summed E-state index contributed by atoms with van der Waals surface area (Å²) in [4.78, 5) is 29.6. The summed E-state index contributed by atoms with van der Waals surface area (Å²) >= 11 is 6.59. The number of ether oxygens (including phenoxy) is 1. The molecule has 3 aromatic carbocycles. The van der Waals surface area contributed by atoms with Gasteiger partial charge in [0.1, 0.15) is 5.75 Å². The van der Waals surface area contributed by atoms with Crippen LogP contribution in [0.2, 0.25) is 5.02 Å². The Bertz CT molecular complexity index is 1190. The Labute approximate surface area is 217 Å². The van der Waals surface area contributed by atoms with Crippen LogP contribution in [-0.2, 0) is 6.42 Å². The Morgan fingerprint density at radius 3 is 2.17 bits per heavy atom. The molecule has 1 aliphatic rings. The molecule has 6 nitrogen and oxygen atoms in total. The molecule has 1 fully saturated rings. The molecule has 1 heterocycles. The van der Waals surface area contributed by atoms with Crippen LogP contribution in [0.3, 0.4) is 0 Å². The summed E-state index contributed by atoms with van der Waals surface area (Å²) in [5, 5.41) is 3.48. The van der Waals surface area contributed by atoms with Crippen molar-refractivity contribution in [3.63, 3.8) is 0 Å². The molecule has 0 spiro atoms. The third-order valence-corrected chi connectivity index (χ3v) is 6.61. The maximum atomic E-state index is 12.9. The monoisotopic (exact) mass is 505 g/mol. The summed E-state index contributed by atoms with van der Waals surface area (Å²) in [5.41, 5.74) is 4.00. The van der Waals surface area contributed by atoms with Gasteiger partial charge < -0.3 is 19.9 Å². The smallest absolute Gasteiger partial charge is 0.255 e. The maximum Gasteiger partial charge on any atom is 0.255 e. The fourth-order valence-electron chi connectivity index (χ4n) is 4.18. The van der Waals surface area contributed by atoms with Gasteiger partial charge in [0.25, 0.3) is 11.8 Å². The fourth-order valence-corrected chi connectivity index (χ4v) is 4.48. The number of aryl methyl sites for hydroxylation is 1. The number of benzene rings is 3. The quantitative estimate of drug-likeness (QED) is 0.413. The Morgan fingerprint density at radius 2 is 1.56 bits per heavy atom. The second-order valence-electron chi connectivity index (χ2n) is 8.82. The first-order valence-corrected chi connectivity index (χ1v) is 12.8. The van der Waals surface area contributed by atoms with Gasteiger partial charge >= 0.3 is 0 Å². The van der Waals surface area contributed by atoms with E-state index in [-0.39, 0.29) is 11.8 Å². The zero-order valence-corrected chi connectivity index (χ0v) is 21.6. The third-order valence-electron chi connectivity index (χ3n) is 6.31. The summed E-state index contributed by atoms with van der Waals surface area (Å²) in [6.07, 6.45) is 1.88. The molecule has 0 saturated carbocycles. The lowest BCUT2D eigenvalue weighted by Gasteiger charge is -2.36. The van der Waals surface area contributed by atoms with Crippen LogP contribution in [0.5, 0.6) is 5.75 Å². The zero-order valence-electron chi connectivity index (χ0n) is 20.8. The molecule has 3 aromatic rings. The van der Waals surface area contributed by atoms with E-state index in [1.807, 2.05) is 65.6 Å². The van der Waals surface area contributed by atoms with Crippen LogP contribution in [0.4, 0.5) is 11.4 Å². The molecule has 2 amide bonds. The lowest BCUT2D eigenvalue weighted by atomic mass is 10.1. The van der Waals surface area contributed by atoms with Gasteiger partial charge in [0.15, 0.2) is 0 Å². The molecule has 1 N–H and O–H groups in total. The molecule has 0 bridgehead atoms. The van der Waals surface area contributed by atoms with Gasteiger partial charge in [-0.3, -0.25) is 9.59 Å².